The van der Waals surface area contributed by atoms with E-state index in [2.05, 4.69) is 17.2 Å². The van der Waals surface area contributed by atoms with E-state index in [9.17, 15) is 9.59 Å². The zero-order valence-corrected chi connectivity index (χ0v) is 19.0. The van der Waals surface area contributed by atoms with Gasteiger partial charge in [0.05, 0.1) is 24.4 Å². The number of amides is 2. The average Bonchev–Trinajstić information content (AvgIpc) is 2.96. The molecule has 1 fully saturated rings. The summed E-state index contributed by atoms with van der Waals surface area (Å²) in [6.45, 7) is 8.22. The summed E-state index contributed by atoms with van der Waals surface area (Å²) >= 11 is 0. The average molecular weight is 428 g/mol. The lowest BCUT2D eigenvalue weighted by molar-refractivity contribution is -0.138. The van der Waals surface area contributed by atoms with Crippen LogP contribution in [0.3, 0.4) is 0 Å². The third-order valence-corrected chi connectivity index (χ3v) is 5.91. The Bertz CT molecular complexity index is 959. The van der Waals surface area contributed by atoms with Crippen molar-refractivity contribution in [1.29, 1.82) is 0 Å². The molecule has 2 heterocycles. The monoisotopic (exact) mass is 427 g/mol. The van der Waals surface area contributed by atoms with E-state index in [1.54, 1.807) is 30.0 Å². The predicted molar refractivity (Wildman–Crippen MR) is 122 cm³/mol. The SMILES string of the molecule is COc1cc(NC(C)CCCN2C(=O)CN(C(=O)[C@@H](C)N)C2(C)C)c2ncccc2c1. The molecule has 1 saturated heterocycles. The molecular formula is C23H33N5O3. The van der Waals surface area contributed by atoms with Crippen molar-refractivity contribution in [2.45, 2.75) is 58.3 Å². The summed E-state index contributed by atoms with van der Waals surface area (Å²) in [4.78, 5) is 32.8. The Morgan fingerprint density at radius 2 is 2.10 bits per heavy atom. The van der Waals surface area contributed by atoms with Gasteiger partial charge in [-0.25, -0.2) is 0 Å². The van der Waals surface area contributed by atoms with Crippen molar-refractivity contribution >= 4 is 28.4 Å². The number of carbonyl (C=O) groups excluding carboxylic acids is 2. The molecule has 1 aliphatic rings. The molecular weight excluding hydrogens is 394 g/mol. The minimum Gasteiger partial charge on any atom is -0.497 e. The number of aromatic nitrogens is 1. The van der Waals surface area contributed by atoms with Gasteiger partial charge in [-0.3, -0.25) is 14.6 Å². The van der Waals surface area contributed by atoms with Crippen LogP contribution in [0.15, 0.2) is 30.5 Å². The van der Waals surface area contributed by atoms with E-state index < -0.39 is 11.7 Å². The second kappa shape index (κ2) is 9.09. The first-order valence-corrected chi connectivity index (χ1v) is 10.7. The fourth-order valence-corrected chi connectivity index (χ4v) is 4.14. The quantitative estimate of drug-likeness (QED) is 0.672. The topological polar surface area (TPSA) is 101 Å². The minimum absolute atomic E-state index is 0.0393. The van der Waals surface area contributed by atoms with Gasteiger partial charge in [-0.1, -0.05) is 6.07 Å². The van der Waals surface area contributed by atoms with Crippen molar-refractivity contribution in [3.63, 3.8) is 0 Å². The highest BCUT2D eigenvalue weighted by Gasteiger charge is 2.46. The molecule has 1 aromatic carbocycles. The Morgan fingerprint density at radius 1 is 1.35 bits per heavy atom. The molecule has 1 aromatic heterocycles. The molecule has 1 aliphatic heterocycles. The molecule has 3 N–H and O–H groups in total. The number of hydrogen-bond donors (Lipinski definition) is 2. The number of pyridine rings is 1. The van der Waals surface area contributed by atoms with Crippen molar-refractivity contribution in [3.05, 3.63) is 30.5 Å². The normalized spacial score (nSPS) is 17.7. The Kier molecular flexibility index (Phi) is 6.69. The van der Waals surface area contributed by atoms with E-state index in [0.717, 1.165) is 35.2 Å². The van der Waals surface area contributed by atoms with Gasteiger partial charge in [0.2, 0.25) is 11.8 Å². The van der Waals surface area contributed by atoms with Crippen LogP contribution in [0.5, 0.6) is 5.75 Å². The molecule has 0 bridgehead atoms. The molecule has 0 radical (unpaired) electrons. The maximum Gasteiger partial charge on any atom is 0.244 e. The molecule has 1 unspecified atom stereocenters. The molecule has 2 atom stereocenters. The van der Waals surface area contributed by atoms with E-state index in [1.165, 1.54) is 0 Å². The third kappa shape index (κ3) is 4.74. The second-order valence-corrected chi connectivity index (χ2v) is 8.69. The van der Waals surface area contributed by atoms with Crippen LogP contribution in [0.2, 0.25) is 0 Å². The molecule has 2 amide bonds. The summed E-state index contributed by atoms with van der Waals surface area (Å²) in [6.07, 6.45) is 3.44. The number of nitrogens with two attached hydrogens (primary N) is 1. The number of hydrogen-bond acceptors (Lipinski definition) is 6. The summed E-state index contributed by atoms with van der Waals surface area (Å²) in [6, 6.07) is 7.38. The summed E-state index contributed by atoms with van der Waals surface area (Å²) in [5.41, 5.74) is 6.91. The van der Waals surface area contributed by atoms with Crippen LogP contribution in [0, 0.1) is 0 Å². The summed E-state index contributed by atoms with van der Waals surface area (Å²) < 4.78 is 5.42. The molecule has 0 saturated carbocycles. The van der Waals surface area contributed by atoms with Crippen molar-refractivity contribution in [2.24, 2.45) is 5.73 Å². The van der Waals surface area contributed by atoms with Gasteiger partial charge in [-0.05, 0) is 52.7 Å². The standard InChI is InChI=1S/C23H33N5O3/c1-15(26-19-13-18(31-5)12-17-9-6-10-25-21(17)19)8-7-11-27-20(29)14-28(23(27,3)4)22(30)16(2)24/h6,9-10,12-13,15-16,26H,7-8,11,14,24H2,1-5H3/t15?,16-/m1/s1. The Morgan fingerprint density at radius 3 is 2.77 bits per heavy atom. The van der Waals surface area contributed by atoms with Gasteiger partial charge in [-0.2, -0.15) is 0 Å². The zero-order chi connectivity index (χ0) is 22.8. The molecule has 8 nitrogen and oxygen atoms in total. The Labute approximate surface area is 183 Å². The highest BCUT2D eigenvalue weighted by atomic mass is 16.5. The molecule has 31 heavy (non-hydrogen) atoms. The Hall–Kier alpha value is -2.87. The fourth-order valence-electron chi connectivity index (χ4n) is 4.14. The van der Waals surface area contributed by atoms with Crippen LogP contribution in [0.4, 0.5) is 5.69 Å². The number of carbonyl (C=O) groups is 2. The summed E-state index contributed by atoms with van der Waals surface area (Å²) in [7, 11) is 1.65. The van der Waals surface area contributed by atoms with E-state index in [0.29, 0.717) is 6.54 Å². The number of nitrogens with one attached hydrogen (secondary N) is 1. The minimum atomic E-state index is -0.675. The molecule has 0 aliphatic carbocycles. The first kappa shape index (κ1) is 22.8. The number of nitrogens with zero attached hydrogens (tertiary/aromatic N) is 3. The van der Waals surface area contributed by atoms with Gasteiger partial charge in [0.15, 0.2) is 0 Å². The first-order chi connectivity index (χ1) is 14.6. The first-order valence-electron chi connectivity index (χ1n) is 10.7. The third-order valence-electron chi connectivity index (χ3n) is 5.91. The van der Waals surface area contributed by atoms with Crippen LogP contribution in [-0.2, 0) is 9.59 Å². The molecule has 0 spiro atoms. The predicted octanol–water partition coefficient (Wildman–Crippen LogP) is 2.58. The largest absolute Gasteiger partial charge is 0.497 e. The van der Waals surface area contributed by atoms with Gasteiger partial charge in [-0.15, -0.1) is 0 Å². The van der Waals surface area contributed by atoms with E-state index in [-0.39, 0.29) is 24.4 Å². The number of ether oxygens (including phenoxy) is 1. The number of benzene rings is 1. The van der Waals surface area contributed by atoms with Gasteiger partial charge in [0.1, 0.15) is 18.0 Å². The fraction of sp³-hybridized carbons (Fsp3) is 0.522. The molecule has 168 valence electrons. The maximum atomic E-state index is 12.6. The van der Waals surface area contributed by atoms with Gasteiger partial charge in [0.25, 0.3) is 0 Å². The Balaban J connectivity index is 1.62. The van der Waals surface area contributed by atoms with E-state index >= 15 is 0 Å². The number of anilines is 1. The molecule has 2 aromatic rings. The number of rotatable bonds is 8. The van der Waals surface area contributed by atoms with Gasteiger partial charge >= 0.3 is 0 Å². The smallest absolute Gasteiger partial charge is 0.244 e. The van der Waals surface area contributed by atoms with Crippen molar-refractivity contribution in [2.75, 3.05) is 25.5 Å². The van der Waals surface area contributed by atoms with Gasteiger partial charge < -0.3 is 25.6 Å². The zero-order valence-electron chi connectivity index (χ0n) is 19.0. The van der Waals surface area contributed by atoms with Crippen molar-refractivity contribution < 1.29 is 14.3 Å². The lowest BCUT2D eigenvalue weighted by Gasteiger charge is -2.38. The molecule has 8 heteroatoms. The number of fused-ring (bicyclic) bond motifs is 1. The highest BCUT2D eigenvalue weighted by molar-refractivity contribution is 5.92. The van der Waals surface area contributed by atoms with Crippen LogP contribution in [0.25, 0.3) is 10.9 Å². The summed E-state index contributed by atoms with van der Waals surface area (Å²) in [5, 5.41) is 4.55. The molecule has 3 rings (SSSR count). The van der Waals surface area contributed by atoms with Gasteiger partial charge in [0, 0.05) is 30.2 Å². The van der Waals surface area contributed by atoms with Crippen LogP contribution in [-0.4, -0.2) is 64.5 Å². The number of methoxy groups -OCH3 is 1. The van der Waals surface area contributed by atoms with Crippen molar-refractivity contribution in [3.8, 4) is 5.75 Å². The van der Waals surface area contributed by atoms with Crippen molar-refractivity contribution in [1.82, 2.24) is 14.8 Å². The van der Waals surface area contributed by atoms with Crippen LogP contribution < -0.4 is 15.8 Å². The van der Waals surface area contributed by atoms with E-state index in [1.807, 2.05) is 38.1 Å². The van der Waals surface area contributed by atoms with Crippen LogP contribution in [0.1, 0.15) is 40.5 Å². The van der Waals surface area contributed by atoms with Crippen LogP contribution >= 0.6 is 0 Å². The summed E-state index contributed by atoms with van der Waals surface area (Å²) in [5.74, 6) is 0.536. The highest BCUT2D eigenvalue weighted by Crippen LogP contribution is 2.30. The lowest BCUT2D eigenvalue weighted by Crippen LogP contribution is -2.54. The second-order valence-electron chi connectivity index (χ2n) is 8.69. The lowest BCUT2D eigenvalue weighted by atomic mass is 10.1. The maximum absolute atomic E-state index is 12.6. The van der Waals surface area contributed by atoms with E-state index in [4.69, 9.17) is 10.5 Å².